The third-order valence-electron chi connectivity index (χ3n) is 2.88. The Labute approximate surface area is 98.3 Å². The summed E-state index contributed by atoms with van der Waals surface area (Å²) < 4.78 is 5.75. The summed E-state index contributed by atoms with van der Waals surface area (Å²) in [5, 5.41) is 9.85. The molecule has 0 aromatic heterocycles. The van der Waals surface area contributed by atoms with E-state index in [-0.39, 0.29) is 0 Å². The van der Waals surface area contributed by atoms with Crippen LogP contribution in [0.1, 0.15) is 45.3 Å². The fraction of sp³-hybridized carbons (Fsp3) is 0.571. The van der Waals surface area contributed by atoms with Crippen molar-refractivity contribution < 1.29 is 9.84 Å². The molecule has 1 N–H and O–H groups in total. The lowest BCUT2D eigenvalue weighted by molar-refractivity contribution is 0.164. The second-order valence-corrected chi connectivity index (χ2v) is 4.29. The topological polar surface area (TPSA) is 29.5 Å². The average Bonchev–Trinajstić information content (AvgIpc) is 2.35. The summed E-state index contributed by atoms with van der Waals surface area (Å²) in [6.45, 7) is 7.00. The van der Waals surface area contributed by atoms with Crippen molar-refractivity contribution in [2.45, 2.75) is 39.7 Å². The van der Waals surface area contributed by atoms with Crippen LogP contribution in [-0.4, -0.2) is 11.7 Å². The van der Waals surface area contributed by atoms with E-state index in [4.69, 9.17) is 4.74 Å². The minimum absolute atomic E-state index is 0.423. The molecule has 0 bridgehead atoms. The van der Waals surface area contributed by atoms with Crippen LogP contribution in [0.25, 0.3) is 0 Å². The van der Waals surface area contributed by atoms with Crippen LogP contribution in [0.5, 0.6) is 5.75 Å². The Kier molecular flexibility index (Phi) is 5.33. The highest BCUT2D eigenvalue weighted by molar-refractivity contribution is 5.34. The van der Waals surface area contributed by atoms with Gasteiger partial charge >= 0.3 is 0 Å². The van der Waals surface area contributed by atoms with Crippen LogP contribution < -0.4 is 4.74 Å². The molecule has 0 heterocycles. The van der Waals surface area contributed by atoms with Gasteiger partial charge in [-0.2, -0.15) is 0 Å². The summed E-state index contributed by atoms with van der Waals surface area (Å²) in [6, 6.07) is 7.73. The highest BCUT2D eigenvalue weighted by atomic mass is 16.5. The van der Waals surface area contributed by atoms with Gasteiger partial charge in [0.05, 0.1) is 12.7 Å². The number of benzene rings is 1. The molecule has 2 atom stereocenters. The van der Waals surface area contributed by atoms with Gasteiger partial charge in [0.2, 0.25) is 0 Å². The zero-order chi connectivity index (χ0) is 12.0. The maximum absolute atomic E-state index is 9.85. The highest BCUT2D eigenvalue weighted by Gasteiger charge is 2.11. The van der Waals surface area contributed by atoms with Crippen LogP contribution in [0.15, 0.2) is 24.3 Å². The van der Waals surface area contributed by atoms with E-state index < -0.39 is 6.10 Å². The fourth-order valence-corrected chi connectivity index (χ4v) is 1.46. The van der Waals surface area contributed by atoms with Gasteiger partial charge in [0.25, 0.3) is 0 Å². The van der Waals surface area contributed by atoms with E-state index in [0.29, 0.717) is 18.9 Å². The minimum Gasteiger partial charge on any atom is -0.493 e. The van der Waals surface area contributed by atoms with E-state index in [1.165, 1.54) is 0 Å². The first-order valence-electron chi connectivity index (χ1n) is 6.08. The molecule has 0 aliphatic rings. The number of hydrogen-bond acceptors (Lipinski definition) is 2. The number of ether oxygens (including phenoxy) is 1. The van der Waals surface area contributed by atoms with Gasteiger partial charge in [0.1, 0.15) is 5.75 Å². The van der Waals surface area contributed by atoms with Gasteiger partial charge in [-0.15, -0.1) is 0 Å². The SMILES string of the molecule is CCC(C)COc1ccccc1[C@@H](O)CC. The largest absolute Gasteiger partial charge is 0.493 e. The van der Waals surface area contributed by atoms with Gasteiger partial charge in [-0.25, -0.2) is 0 Å². The smallest absolute Gasteiger partial charge is 0.125 e. The molecule has 1 unspecified atom stereocenters. The van der Waals surface area contributed by atoms with Crippen molar-refractivity contribution >= 4 is 0 Å². The van der Waals surface area contributed by atoms with Crippen molar-refractivity contribution in [2.75, 3.05) is 6.61 Å². The van der Waals surface area contributed by atoms with E-state index in [0.717, 1.165) is 17.7 Å². The Morgan fingerprint density at radius 3 is 2.50 bits per heavy atom. The molecule has 16 heavy (non-hydrogen) atoms. The summed E-state index contributed by atoms with van der Waals surface area (Å²) in [5.74, 6) is 1.36. The Balaban J connectivity index is 2.71. The molecule has 0 spiro atoms. The zero-order valence-corrected chi connectivity index (χ0v) is 10.4. The Morgan fingerprint density at radius 1 is 1.19 bits per heavy atom. The molecule has 0 fully saturated rings. The second-order valence-electron chi connectivity index (χ2n) is 4.29. The lowest BCUT2D eigenvalue weighted by Crippen LogP contribution is -2.09. The molecule has 0 amide bonds. The van der Waals surface area contributed by atoms with Gasteiger partial charge in [-0.3, -0.25) is 0 Å². The Hall–Kier alpha value is -1.02. The molecular weight excluding hydrogens is 200 g/mol. The Morgan fingerprint density at radius 2 is 1.88 bits per heavy atom. The standard InChI is InChI=1S/C14H22O2/c1-4-11(3)10-16-14-9-7-6-8-12(14)13(15)5-2/h6-9,11,13,15H,4-5,10H2,1-3H3/t11?,13-/m0/s1. The highest BCUT2D eigenvalue weighted by Crippen LogP contribution is 2.27. The van der Waals surface area contributed by atoms with Crippen LogP contribution in [0.3, 0.4) is 0 Å². The summed E-state index contributed by atoms with van der Waals surface area (Å²) in [6.07, 6.45) is 1.40. The third-order valence-corrected chi connectivity index (χ3v) is 2.88. The first kappa shape index (κ1) is 13.0. The molecular formula is C14H22O2. The van der Waals surface area contributed by atoms with Crippen LogP contribution in [-0.2, 0) is 0 Å². The van der Waals surface area contributed by atoms with E-state index in [9.17, 15) is 5.11 Å². The molecule has 0 saturated carbocycles. The van der Waals surface area contributed by atoms with Crippen molar-refractivity contribution in [3.63, 3.8) is 0 Å². The molecule has 90 valence electrons. The number of rotatable bonds is 6. The molecule has 1 aromatic carbocycles. The lowest BCUT2D eigenvalue weighted by Gasteiger charge is -2.16. The van der Waals surface area contributed by atoms with Crippen molar-refractivity contribution in [3.05, 3.63) is 29.8 Å². The molecule has 2 heteroatoms. The molecule has 0 radical (unpaired) electrons. The molecule has 1 rings (SSSR count). The number of aliphatic hydroxyl groups is 1. The molecule has 2 nitrogen and oxygen atoms in total. The fourth-order valence-electron chi connectivity index (χ4n) is 1.46. The van der Waals surface area contributed by atoms with Crippen molar-refractivity contribution in [1.82, 2.24) is 0 Å². The predicted molar refractivity (Wildman–Crippen MR) is 66.6 cm³/mol. The van der Waals surface area contributed by atoms with Crippen molar-refractivity contribution in [1.29, 1.82) is 0 Å². The van der Waals surface area contributed by atoms with Crippen LogP contribution in [0.2, 0.25) is 0 Å². The van der Waals surface area contributed by atoms with Crippen LogP contribution in [0, 0.1) is 5.92 Å². The van der Waals surface area contributed by atoms with Gasteiger partial charge in [0, 0.05) is 5.56 Å². The van der Waals surface area contributed by atoms with Crippen LogP contribution in [0.4, 0.5) is 0 Å². The van der Waals surface area contributed by atoms with Crippen molar-refractivity contribution in [2.24, 2.45) is 5.92 Å². The minimum atomic E-state index is -0.423. The maximum atomic E-state index is 9.85. The summed E-state index contributed by atoms with van der Waals surface area (Å²) in [7, 11) is 0. The summed E-state index contributed by atoms with van der Waals surface area (Å²) >= 11 is 0. The quantitative estimate of drug-likeness (QED) is 0.797. The first-order chi connectivity index (χ1) is 7.69. The Bertz CT molecular complexity index is 309. The second kappa shape index (κ2) is 6.54. The third kappa shape index (κ3) is 3.53. The zero-order valence-electron chi connectivity index (χ0n) is 10.4. The van der Waals surface area contributed by atoms with E-state index in [1.807, 2.05) is 31.2 Å². The number of hydrogen-bond donors (Lipinski definition) is 1. The predicted octanol–water partition coefficient (Wildman–Crippen LogP) is 3.55. The lowest BCUT2D eigenvalue weighted by atomic mass is 10.1. The van der Waals surface area contributed by atoms with Crippen molar-refractivity contribution in [3.8, 4) is 5.75 Å². The van der Waals surface area contributed by atoms with Gasteiger partial charge < -0.3 is 9.84 Å². The van der Waals surface area contributed by atoms with E-state index in [1.54, 1.807) is 0 Å². The van der Waals surface area contributed by atoms with Crippen LogP contribution >= 0.6 is 0 Å². The normalized spacial score (nSPS) is 14.5. The van der Waals surface area contributed by atoms with Gasteiger partial charge in [-0.1, -0.05) is 45.4 Å². The number of para-hydroxylation sites is 1. The van der Waals surface area contributed by atoms with E-state index >= 15 is 0 Å². The molecule has 0 saturated heterocycles. The molecule has 1 aromatic rings. The van der Waals surface area contributed by atoms with Gasteiger partial charge in [0.15, 0.2) is 0 Å². The molecule has 0 aliphatic carbocycles. The summed E-state index contributed by atoms with van der Waals surface area (Å²) in [4.78, 5) is 0. The first-order valence-corrected chi connectivity index (χ1v) is 6.08. The van der Waals surface area contributed by atoms with E-state index in [2.05, 4.69) is 13.8 Å². The molecule has 0 aliphatic heterocycles. The monoisotopic (exact) mass is 222 g/mol. The number of aliphatic hydroxyl groups excluding tert-OH is 1. The average molecular weight is 222 g/mol. The maximum Gasteiger partial charge on any atom is 0.125 e. The van der Waals surface area contributed by atoms with Gasteiger partial charge in [-0.05, 0) is 18.4 Å². The summed E-state index contributed by atoms with van der Waals surface area (Å²) in [5.41, 5.74) is 0.897.